The van der Waals surface area contributed by atoms with Crippen LogP contribution in [0.5, 0.6) is 0 Å². The first-order chi connectivity index (χ1) is 7.63. The van der Waals surface area contributed by atoms with E-state index < -0.39 is 0 Å². The molecule has 0 saturated heterocycles. The van der Waals surface area contributed by atoms with Gasteiger partial charge in [0, 0.05) is 16.4 Å². The van der Waals surface area contributed by atoms with Gasteiger partial charge in [-0.05, 0) is 59.4 Å². The summed E-state index contributed by atoms with van der Waals surface area (Å²) in [7, 11) is 0. The molecule has 0 spiro atoms. The lowest BCUT2D eigenvalue weighted by atomic mass is 9.91. The van der Waals surface area contributed by atoms with E-state index in [4.69, 9.17) is 0 Å². The number of pyridine rings is 1. The molecule has 0 radical (unpaired) electrons. The highest BCUT2D eigenvalue weighted by Crippen LogP contribution is 2.16. The summed E-state index contributed by atoms with van der Waals surface area (Å²) in [6.45, 7) is 8.82. The molecule has 1 heterocycles. The number of hydrogen-bond acceptors (Lipinski definition) is 2. The van der Waals surface area contributed by atoms with Gasteiger partial charge in [0.2, 0.25) is 0 Å². The summed E-state index contributed by atoms with van der Waals surface area (Å²) < 4.78 is 1.05. The van der Waals surface area contributed by atoms with E-state index in [2.05, 4.69) is 59.1 Å². The van der Waals surface area contributed by atoms with Crippen LogP contribution >= 0.6 is 15.9 Å². The standard InChI is InChI=1S/C13H21BrN2/c1-4-15-8-11(10(2)3)7-13-6-5-12(14)9-16-13/h5-6,9-11,15H,4,7-8H2,1-3H3. The molecule has 1 unspecified atom stereocenters. The minimum absolute atomic E-state index is 0.661. The van der Waals surface area contributed by atoms with E-state index in [0.29, 0.717) is 11.8 Å². The second kappa shape index (κ2) is 7.02. The zero-order chi connectivity index (χ0) is 12.0. The lowest BCUT2D eigenvalue weighted by Gasteiger charge is -2.20. The Morgan fingerprint density at radius 2 is 2.12 bits per heavy atom. The van der Waals surface area contributed by atoms with Crippen LogP contribution in [0.1, 0.15) is 26.5 Å². The summed E-state index contributed by atoms with van der Waals surface area (Å²) in [5, 5.41) is 3.42. The zero-order valence-corrected chi connectivity index (χ0v) is 11.9. The molecule has 0 saturated carbocycles. The highest BCUT2D eigenvalue weighted by Gasteiger charge is 2.14. The Morgan fingerprint density at radius 3 is 2.62 bits per heavy atom. The van der Waals surface area contributed by atoms with Crippen LogP contribution in [0.15, 0.2) is 22.8 Å². The number of halogens is 1. The number of aromatic nitrogens is 1. The highest BCUT2D eigenvalue weighted by atomic mass is 79.9. The molecule has 1 rings (SSSR count). The predicted molar refractivity (Wildman–Crippen MR) is 72.5 cm³/mol. The van der Waals surface area contributed by atoms with Crippen LogP contribution in [0, 0.1) is 11.8 Å². The molecular formula is C13H21BrN2. The highest BCUT2D eigenvalue weighted by molar-refractivity contribution is 9.10. The Morgan fingerprint density at radius 1 is 1.38 bits per heavy atom. The van der Waals surface area contributed by atoms with Gasteiger partial charge in [0.1, 0.15) is 0 Å². The Kier molecular flexibility index (Phi) is 5.99. The molecule has 1 aromatic heterocycles. The van der Waals surface area contributed by atoms with E-state index in [0.717, 1.165) is 24.0 Å². The first-order valence-corrected chi connectivity index (χ1v) is 6.74. The Labute approximate surface area is 107 Å². The van der Waals surface area contributed by atoms with Gasteiger partial charge in [0.15, 0.2) is 0 Å². The topological polar surface area (TPSA) is 24.9 Å². The third kappa shape index (κ3) is 4.62. The third-order valence-corrected chi connectivity index (χ3v) is 3.33. The van der Waals surface area contributed by atoms with Crippen molar-refractivity contribution in [2.75, 3.05) is 13.1 Å². The van der Waals surface area contributed by atoms with E-state index in [-0.39, 0.29) is 0 Å². The molecule has 90 valence electrons. The zero-order valence-electron chi connectivity index (χ0n) is 10.3. The fourth-order valence-electron chi connectivity index (χ4n) is 1.67. The normalized spacial score (nSPS) is 13.1. The molecule has 0 aliphatic rings. The van der Waals surface area contributed by atoms with E-state index >= 15 is 0 Å². The Hall–Kier alpha value is -0.410. The summed E-state index contributed by atoms with van der Waals surface area (Å²) in [6, 6.07) is 4.17. The Balaban J connectivity index is 2.57. The summed E-state index contributed by atoms with van der Waals surface area (Å²) in [5.74, 6) is 1.35. The predicted octanol–water partition coefficient (Wildman–Crippen LogP) is 3.27. The smallest absolute Gasteiger partial charge is 0.0413 e. The fraction of sp³-hybridized carbons (Fsp3) is 0.615. The maximum absolute atomic E-state index is 4.43. The van der Waals surface area contributed by atoms with Crippen molar-refractivity contribution in [1.82, 2.24) is 10.3 Å². The minimum atomic E-state index is 0.661. The van der Waals surface area contributed by atoms with Crippen molar-refractivity contribution in [2.45, 2.75) is 27.2 Å². The van der Waals surface area contributed by atoms with Crippen molar-refractivity contribution in [3.8, 4) is 0 Å². The summed E-state index contributed by atoms with van der Waals surface area (Å²) >= 11 is 3.41. The molecule has 0 bridgehead atoms. The van der Waals surface area contributed by atoms with Crippen molar-refractivity contribution in [2.24, 2.45) is 11.8 Å². The summed E-state index contributed by atoms with van der Waals surface area (Å²) in [5.41, 5.74) is 1.18. The van der Waals surface area contributed by atoms with Crippen LogP contribution < -0.4 is 5.32 Å². The molecule has 0 amide bonds. The molecule has 1 N–H and O–H groups in total. The maximum Gasteiger partial charge on any atom is 0.0413 e. The number of hydrogen-bond donors (Lipinski definition) is 1. The van der Waals surface area contributed by atoms with E-state index in [1.54, 1.807) is 0 Å². The van der Waals surface area contributed by atoms with Gasteiger partial charge in [-0.3, -0.25) is 4.98 Å². The largest absolute Gasteiger partial charge is 0.317 e. The monoisotopic (exact) mass is 284 g/mol. The van der Waals surface area contributed by atoms with Crippen LogP contribution in [0.25, 0.3) is 0 Å². The molecule has 0 aliphatic heterocycles. The SMILES string of the molecule is CCNCC(Cc1ccc(Br)cn1)C(C)C. The van der Waals surface area contributed by atoms with Crippen molar-refractivity contribution >= 4 is 15.9 Å². The number of nitrogens with one attached hydrogen (secondary N) is 1. The first-order valence-electron chi connectivity index (χ1n) is 5.94. The Bertz CT molecular complexity index is 295. The minimum Gasteiger partial charge on any atom is -0.317 e. The molecular weight excluding hydrogens is 264 g/mol. The lowest BCUT2D eigenvalue weighted by molar-refractivity contribution is 0.361. The van der Waals surface area contributed by atoms with Crippen LogP contribution in [0.2, 0.25) is 0 Å². The average molecular weight is 285 g/mol. The van der Waals surface area contributed by atoms with Gasteiger partial charge in [0.25, 0.3) is 0 Å². The van der Waals surface area contributed by atoms with Gasteiger partial charge >= 0.3 is 0 Å². The molecule has 16 heavy (non-hydrogen) atoms. The molecule has 2 nitrogen and oxygen atoms in total. The van der Waals surface area contributed by atoms with Crippen molar-refractivity contribution in [1.29, 1.82) is 0 Å². The number of nitrogens with zero attached hydrogens (tertiary/aromatic N) is 1. The molecule has 1 aromatic rings. The van der Waals surface area contributed by atoms with Crippen LogP contribution in [0.4, 0.5) is 0 Å². The van der Waals surface area contributed by atoms with Gasteiger partial charge in [-0.1, -0.05) is 20.8 Å². The average Bonchev–Trinajstić information content (AvgIpc) is 2.26. The second-order valence-electron chi connectivity index (χ2n) is 4.48. The molecule has 0 fully saturated rings. The first kappa shape index (κ1) is 13.7. The third-order valence-electron chi connectivity index (χ3n) is 2.86. The van der Waals surface area contributed by atoms with Gasteiger partial charge in [-0.15, -0.1) is 0 Å². The van der Waals surface area contributed by atoms with E-state index in [9.17, 15) is 0 Å². The van der Waals surface area contributed by atoms with Gasteiger partial charge in [0.05, 0.1) is 0 Å². The van der Waals surface area contributed by atoms with Gasteiger partial charge in [-0.2, -0.15) is 0 Å². The molecule has 0 aromatic carbocycles. The molecule has 0 aliphatic carbocycles. The number of rotatable bonds is 6. The van der Waals surface area contributed by atoms with Crippen molar-refractivity contribution in [3.05, 3.63) is 28.5 Å². The van der Waals surface area contributed by atoms with Gasteiger partial charge < -0.3 is 5.32 Å². The van der Waals surface area contributed by atoms with Crippen LogP contribution in [0.3, 0.4) is 0 Å². The van der Waals surface area contributed by atoms with Crippen molar-refractivity contribution in [3.63, 3.8) is 0 Å². The van der Waals surface area contributed by atoms with Crippen LogP contribution in [-0.2, 0) is 6.42 Å². The molecule has 3 heteroatoms. The van der Waals surface area contributed by atoms with E-state index in [1.807, 2.05) is 6.20 Å². The summed E-state index contributed by atoms with van der Waals surface area (Å²) in [6.07, 6.45) is 2.93. The van der Waals surface area contributed by atoms with E-state index in [1.165, 1.54) is 5.69 Å². The van der Waals surface area contributed by atoms with Crippen molar-refractivity contribution < 1.29 is 0 Å². The quantitative estimate of drug-likeness (QED) is 0.867. The van der Waals surface area contributed by atoms with Gasteiger partial charge in [-0.25, -0.2) is 0 Å². The summed E-state index contributed by atoms with van der Waals surface area (Å²) in [4.78, 5) is 4.43. The second-order valence-corrected chi connectivity index (χ2v) is 5.40. The fourth-order valence-corrected chi connectivity index (χ4v) is 1.90. The maximum atomic E-state index is 4.43. The molecule has 1 atom stereocenters. The van der Waals surface area contributed by atoms with Crippen LogP contribution in [-0.4, -0.2) is 18.1 Å². The lowest BCUT2D eigenvalue weighted by Crippen LogP contribution is -2.27.